The van der Waals surface area contributed by atoms with Gasteiger partial charge in [0.1, 0.15) is 5.78 Å². The number of benzene rings is 1. The minimum absolute atomic E-state index is 0.440. The van der Waals surface area contributed by atoms with E-state index in [-0.39, 0.29) is 0 Å². The number of fused-ring (bicyclic) bond motifs is 1. The molecule has 17 heavy (non-hydrogen) atoms. The van der Waals surface area contributed by atoms with Crippen molar-refractivity contribution < 1.29 is 4.79 Å². The van der Waals surface area contributed by atoms with Gasteiger partial charge in [0.25, 0.3) is 0 Å². The van der Waals surface area contributed by atoms with E-state index in [0.717, 1.165) is 25.8 Å². The first-order valence-electron chi connectivity index (χ1n) is 6.56. The van der Waals surface area contributed by atoms with Crippen molar-refractivity contribution in [2.24, 2.45) is 0 Å². The van der Waals surface area contributed by atoms with Gasteiger partial charge < -0.3 is 0 Å². The zero-order valence-corrected chi connectivity index (χ0v) is 10.3. The molecule has 2 heterocycles. The van der Waals surface area contributed by atoms with Gasteiger partial charge in [0.15, 0.2) is 0 Å². The number of Topliss-reactive ketones (excluding diaryl/α,β-unsaturated/α-hetero) is 1. The second kappa shape index (κ2) is 4.26. The molecule has 0 amide bonds. The van der Waals surface area contributed by atoms with Crippen molar-refractivity contribution in [2.75, 3.05) is 6.54 Å². The molecule has 0 bridgehead atoms. The summed E-state index contributed by atoms with van der Waals surface area (Å²) in [6.45, 7) is 3.32. The van der Waals surface area contributed by atoms with E-state index in [4.69, 9.17) is 0 Å². The summed E-state index contributed by atoms with van der Waals surface area (Å²) in [6, 6.07) is 11.7. The van der Waals surface area contributed by atoms with Crippen LogP contribution in [0.1, 0.15) is 37.7 Å². The summed E-state index contributed by atoms with van der Waals surface area (Å²) in [5.41, 5.74) is 1.43. The molecule has 90 valence electrons. The molecule has 2 heteroatoms. The van der Waals surface area contributed by atoms with E-state index < -0.39 is 0 Å². The minimum atomic E-state index is 0.440. The Morgan fingerprint density at radius 3 is 2.71 bits per heavy atom. The Balaban J connectivity index is 1.79. The minimum Gasteiger partial charge on any atom is -0.300 e. The molecule has 2 aliphatic rings. The molecule has 2 nitrogen and oxygen atoms in total. The van der Waals surface area contributed by atoms with Crippen LogP contribution in [0.25, 0.3) is 0 Å². The molecule has 0 saturated carbocycles. The van der Waals surface area contributed by atoms with Gasteiger partial charge in [0.2, 0.25) is 0 Å². The standard InChI is InChI=1S/C15H19NO/c1-11-7-15(17)9-14-8-13(10-16(11)14)12-5-3-2-4-6-12/h2-6,11,13-14H,7-10H2,1H3/t11-,13-,14-/m1/s1. The highest BCUT2D eigenvalue weighted by Crippen LogP contribution is 2.37. The Bertz CT molecular complexity index is 414. The number of rotatable bonds is 1. The van der Waals surface area contributed by atoms with Gasteiger partial charge in [-0.25, -0.2) is 0 Å². The van der Waals surface area contributed by atoms with Gasteiger partial charge in [-0.05, 0) is 24.8 Å². The lowest BCUT2D eigenvalue weighted by Gasteiger charge is -2.34. The number of hydrogen-bond donors (Lipinski definition) is 0. The molecule has 0 aromatic heterocycles. The predicted molar refractivity (Wildman–Crippen MR) is 68.0 cm³/mol. The first-order valence-corrected chi connectivity index (χ1v) is 6.56. The predicted octanol–water partition coefficient (Wildman–Crippen LogP) is 2.60. The highest BCUT2D eigenvalue weighted by Gasteiger charge is 2.40. The monoisotopic (exact) mass is 229 g/mol. The molecule has 0 radical (unpaired) electrons. The molecule has 3 rings (SSSR count). The smallest absolute Gasteiger partial charge is 0.136 e. The Kier molecular flexibility index (Phi) is 2.75. The normalized spacial score (nSPS) is 33.7. The van der Waals surface area contributed by atoms with Crippen LogP contribution in [0.5, 0.6) is 0 Å². The van der Waals surface area contributed by atoms with Crippen molar-refractivity contribution in [3.05, 3.63) is 35.9 Å². The largest absolute Gasteiger partial charge is 0.300 e. The lowest BCUT2D eigenvalue weighted by molar-refractivity contribution is -0.124. The first-order chi connectivity index (χ1) is 8.24. The van der Waals surface area contributed by atoms with Gasteiger partial charge in [-0.2, -0.15) is 0 Å². The van der Waals surface area contributed by atoms with E-state index in [1.54, 1.807) is 0 Å². The van der Waals surface area contributed by atoms with Crippen LogP contribution in [0.2, 0.25) is 0 Å². The van der Waals surface area contributed by atoms with Gasteiger partial charge in [0.05, 0.1) is 0 Å². The summed E-state index contributed by atoms with van der Waals surface area (Å²) < 4.78 is 0. The summed E-state index contributed by atoms with van der Waals surface area (Å²) in [4.78, 5) is 14.2. The van der Waals surface area contributed by atoms with Gasteiger partial charge in [-0.3, -0.25) is 9.69 Å². The van der Waals surface area contributed by atoms with Crippen LogP contribution in [0, 0.1) is 0 Å². The molecule has 0 N–H and O–H groups in total. The van der Waals surface area contributed by atoms with E-state index in [9.17, 15) is 4.79 Å². The summed E-state index contributed by atoms with van der Waals surface area (Å²) in [5, 5.41) is 0. The van der Waals surface area contributed by atoms with Gasteiger partial charge in [-0.1, -0.05) is 30.3 Å². The number of ketones is 1. The number of carbonyl (C=O) groups excluding carboxylic acids is 1. The molecular weight excluding hydrogens is 210 g/mol. The fraction of sp³-hybridized carbons (Fsp3) is 0.533. The van der Waals surface area contributed by atoms with Crippen molar-refractivity contribution in [3.8, 4) is 0 Å². The third-order valence-corrected chi connectivity index (χ3v) is 4.28. The molecule has 3 atom stereocenters. The van der Waals surface area contributed by atoms with Crippen LogP contribution in [-0.2, 0) is 4.79 Å². The molecule has 0 unspecified atom stereocenters. The second-order valence-electron chi connectivity index (χ2n) is 5.49. The number of nitrogens with zero attached hydrogens (tertiary/aromatic N) is 1. The quantitative estimate of drug-likeness (QED) is 0.737. The lowest BCUT2D eigenvalue weighted by atomic mass is 9.93. The highest BCUT2D eigenvalue weighted by molar-refractivity contribution is 5.80. The Morgan fingerprint density at radius 2 is 1.94 bits per heavy atom. The van der Waals surface area contributed by atoms with Crippen LogP contribution in [0.15, 0.2) is 30.3 Å². The SMILES string of the molecule is C[C@@H]1CC(=O)C[C@H]2C[C@@H](c3ccccc3)CN21. The zero-order valence-electron chi connectivity index (χ0n) is 10.3. The van der Waals surface area contributed by atoms with Gasteiger partial charge in [-0.15, -0.1) is 0 Å². The third kappa shape index (κ3) is 2.02. The molecular formula is C15H19NO. The highest BCUT2D eigenvalue weighted by atomic mass is 16.1. The van der Waals surface area contributed by atoms with Crippen LogP contribution >= 0.6 is 0 Å². The first kappa shape index (κ1) is 11.0. The Labute approximate surface area is 103 Å². The Hall–Kier alpha value is -1.15. The summed E-state index contributed by atoms with van der Waals surface area (Å²) in [5.74, 6) is 1.07. The van der Waals surface area contributed by atoms with Crippen LogP contribution in [0.4, 0.5) is 0 Å². The molecule has 2 saturated heterocycles. The maximum absolute atomic E-state index is 11.6. The zero-order chi connectivity index (χ0) is 11.8. The summed E-state index contributed by atoms with van der Waals surface area (Å²) in [7, 11) is 0. The fourth-order valence-electron chi connectivity index (χ4n) is 3.44. The van der Waals surface area contributed by atoms with Crippen LogP contribution in [0.3, 0.4) is 0 Å². The molecule has 2 fully saturated rings. The maximum Gasteiger partial charge on any atom is 0.136 e. The summed E-state index contributed by atoms with van der Waals surface area (Å²) in [6.07, 6.45) is 2.67. The lowest BCUT2D eigenvalue weighted by Crippen LogP contribution is -2.44. The summed E-state index contributed by atoms with van der Waals surface area (Å²) >= 11 is 0. The number of hydrogen-bond acceptors (Lipinski definition) is 2. The maximum atomic E-state index is 11.6. The average Bonchev–Trinajstić information content (AvgIpc) is 2.74. The number of carbonyl (C=O) groups is 1. The molecule has 0 aliphatic carbocycles. The fourth-order valence-corrected chi connectivity index (χ4v) is 3.44. The van der Waals surface area contributed by atoms with Crippen molar-refractivity contribution in [1.82, 2.24) is 4.90 Å². The van der Waals surface area contributed by atoms with Crippen molar-refractivity contribution in [3.63, 3.8) is 0 Å². The van der Waals surface area contributed by atoms with E-state index in [2.05, 4.69) is 42.2 Å². The van der Waals surface area contributed by atoms with E-state index >= 15 is 0 Å². The van der Waals surface area contributed by atoms with Crippen LogP contribution in [-0.4, -0.2) is 29.3 Å². The second-order valence-corrected chi connectivity index (χ2v) is 5.49. The molecule has 0 spiro atoms. The van der Waals surface area contributed by atoms with Crippen LogP contribution < -0.4 is 0 Å². The van der Waals surface area contributed by atoms with Crippen molar-refractivity contribution in [1.29, 1.82) is 0 Å². The van der Waals surface area contributed by atoms with Crippen molar-refractivity contribution >= 4 is 5.78 Å². The molecule has 1 aromatic rings. The van der Waals surface area contributed by atoms with E-state index in [1.807, 2.05) is 0 Å². The molecule has 1 aromatic carbocycles. The Morgan fingerprint density at radius 1 is 1.18 bits per heavy atom. The van der Waals surface area contributed by atoms with Crippen molar-refractivity contribution in [2.45, 2.75) is 44.2 Å². The van der Waals surface area contributed by atoms with Gasteiger partial charge >= 0.3 is 0 Å². The van der Waals surface area contributed by atoms with E-state index in [1.165, 1.54) is 5.56 Å². The molecule has 2 aliphatic heterocycles. The average molecular weight is 229 g/mol. The number of piperidine rings is 1. The topological polar surface area (TPSA) is 20.3 Å². The third-order valence-electron chi connectivity index (χ3n) is 4.28. The van der Waals surface area contributed by atoms with Gasteiger partial charge in [0, 0.05) is 31.5 Å². The van der Waals surface area contributed by atoms with E-state index in [0.29, 0.717) is 23.8 Å².